The van der Waals surface area contributed by atoms with Gasteiger partial charge >= 0.3 is 0 Å². The number of nitrogens with zero attached hydrogens (tertiary/aromatic N) is 3. The third kappa shape index (κ3) is 5.33. The number of benzene rings is 1. The number of sulfonamides is 1. The van der Waals surface area contributed by atoms with E-state index in [1.807, 2.05) is 0 Å². The molecule has 1 saturated heterocycles. The lowest BCUT2D eigenvalue weighted by atomic mass is 9.90. The molecule has 0 amide bonds. The number of non-ortho nitro benzene ring substituents is 1. The zero-order valence-electron chi connectivity index (χ0n) is 16.7. The average molecular weight is 423 g/mol. The zero-order valence-corrected chi connectivity index (χ0v) is 17.5. The maximum absolute atomic E-state index is 12.6. The fourth-order valence-corrected chi connectivity index (χ4v) is 5.87. The van der Waals surface area contributed by atoms with Crippen LogP contribution in [0.5, 0.6) is 0 Å². The van der Waals surface area contributed by atoms with Gasteiger partial charge in [-0.2, -0.15) is 0 Å². The molecular weight excluding hydrogens is 392 g/mol. The Morgan fingerprint density at radius 3 is 2.14 bits per heavy atom. The molecule has 160 valence electrons. The number of nitrogens with one attached hydrogen (secondary N) is 1. The average Bonchev–Trinajstić information content (AvgIpc) is 3.53. The molecule has 2 aliphatic carbocycles. The van der Waals surface area contributed by atoms with Gasteiger partial charge in [0, 0.05) is 56.9 Å². The molecule has 8 nitrogen and oxygen atoms in total. The van der Waals surface area contributed by atoms with Crippen LogP contribution >= 0.6 is 0 Å². The van der Waals surface area contributed by atoms with Gasteiger partial charge in [0.1, 0.15) is 0 Å². The zero-order chi connectivity index (χ0) is 20.4. The van der Waals surface area contributed by atoms with Crippen molar-refractivity contribution < 1.29 is 13.3 Å². The summed E-state index contributed by atoms with van der Waals surface area (Å²) in [6.07, 6.45) is 6.49. The van der Waals surface area contributed by atoms with Crippen molar-refractivity contribution >= 4 is 15.7 Å². The molecule has 29 heavy (non-hydrogen) atoms. The molecule has 1 aromatic carbocycles. The highest BCUT2D eigenvalue weighted by Crippen LogP contribution is 2.31. The maximum Gasteiger partial charge on any atom is 0.269 e. The summed E-state index contributed by atoms with van der Waals surface area (Å²) in [4.78, 5) is 15.5. The molecule has 1 aromatic rings. The minimum absolute atomic E-state index is 0.0670. The summed E-state index contributed by atoms with van der Waals surface area (Å²) in [5, 5.41) is 10.7. The van der Waals surface area contributed by atoms with E-state index >= 15 is 0 Å². The van der Waals surface area contributed by atoms with Gasteiger partial charge < -0.3 is 4.90 Å². The Hall–Kier alpha value is -1.55. The fourth-order valence-electron chi connectivity index (χ4n) is 4.57. The molecule has 0 aromatic heterocycles. The van der Waals surface area contributed by atoms with Crippen LogP contribution in [0.25, 0.3) is 0 Å². The largest absolute Gasteiger partial charge is 0.301 e. The van der Waals surface area contributed by atoms with Crippen LogP contribution < -0.4 is 4.72 Å². The third-order valence-electron chi connectivity index (χ3n) is 6.51. The van der Waals surface area contributed by atoms with E-state index in [0.717, 1.165) is 57.8 Å². The summed E-state index contributed by atoms with van der Waals surface area (Å²) in [7, 11) is -3.65. The highest BCUT2D eigenvalue weighted by Gasteiger charge is 2.32. The molecule has 3 fully saturated rings. The van der Waals surface area contributed by atoms with Gasteiger partial charge in [-0.1, -0.05) is 0 Å². The Morgan fingerprint density at radius 2 is 1.59 bits per heavy atom. The van der Waals surface area contributed by atoms with Crippen molar-refractivity contribution in [2.24, 2.45) is 5.92 Å². The first-order chi connectivity index (χ1) is 13.9. The number of hydrogen-bond acceptors (Lipinski definition) is 6. The van der Waals surface area contributed by atoms with Gasteiger partial charge in [-0.3, -0.25) is 15.0 Å². The van der Waals surface area contributed by atoms with E-state index in [1.165, 1.54) is 43.7 Å². The first kappa shape index (κ1) is 20.7. The van der Waals surface area contributed by atoms with Gasteiger partial charge in [-0.25, -0.2) is 13.1 Å². The molecule has 0 unspecified atom stereocenters. The molecular formula is C20H30N4O4S. The number of nitro benzene ring substituents is 1. The second kappa shape index (κ2) is 8.67. The van der Waals surface area contributed by atoms with E-state index in [9.17, 15) is 18.5 Å². The fraction of sp³-hybridized carbons (Fsp3) is 0.700. The molecule has 0 bridgehead atoms. The number of hydrogen-bond donors (Lipinski definition) is 1. The summed E-state index contributed by atoms with van der Waals surface area (Å²) in [5.74, 6) is 0.945. The van der Waals surface area contributed by atoms with Crippen LogP contribution in [-0.2, 0) is 10.0 Å². The normalized spacial score (nSPS) is 27.0. The molecule has 1 heterocycles. The molecule has 0 atom stereocenters. The molecule has 0 radical (unpaired) electrons. The van der Waals surface area contributed by atoms with E-state index < -0.39 is 14.9 Å². The second-order valence-corrected chi connectivity index (χ2v) is 10.4. The highest BCUT2D eigenvalue weighted by atomic mass is 32.2. The lowest BCUT2D eigenvalue weighted by Gasteiger charge is -2.42. The quantitative estimate of drug-likeness (QED) is 0.535. The predicted molar refractivity (Wildman–Crippen MR) is 110 cm³/mol. The Kier molecular flexibility index (Phi) is 6.19. The first-order valence-corrected chi connectivity index (χ1v) is 12.1. The third-order valence-corrected chi connectivity index (χ3v) is 8.05. The van der Waals surface area contributed by atoms with Crippen molar-refractivity contribution in [2.75, 3.05) is 32.7 Å². The minimum atomic E-state index is -3.65. The second-order valence-electron chi connectivity index (χ2n) is 8.66. The number of rotatable bonds is 7. The van der Waals surface area contributed by atoms with Gasteiger partial charge in [0.2, 0.25) is 10.0 Å². The van der Waals surface area contributed by atoms with Crippen LogP contribution in [0, 0.1) is 16.0 Å². The molecule has 4 rings (SSSR count). The monoisotopic (exact) mass is 422 g/mol. The van der Waals surface area contributed by atoms with Crippen molar-refractivity contribution in [1.82, 2.24) is 14.5 Å². The van der Waals surface area contributed by atoms with Crippen molar-refractivity contribution in [3.63, 3.8) is 0 Å². The van der Waals surface area contributed by atoms with Crippen molar-refractivity contribution in [2.45, 2.75) is 55.5 Å². The lowest BCUT2D eigenvalue weighted by Crippen LogP contribution is -2.52. The van der Waals surface area contributed by atoms with E-state index in [4.69, 9.17) is 0 Å². The molecule has 3 aliphatic rings. The van der Waals surface area contributed by atoms with Gasteiger partial charge in [-0.05, 0) is 56.6 Å². The Bertz CT molecular complexity index is 809. The molecule has 2 saturated carbocycles. The summed E-state index contributed by atoms with van der Waals surface area (Å²) < 4.78 is 28.0. The molecule has 9 heteroatoms. The van der Waals surface area contributed by atoms with Crippen molar-refractivity contribution in [3.8, 4) is 0 Å². The Morgan fingerprint density at radius 1 is 0.966 bits per heavy atom. The Labute approximate surface area is 172 Å². The summed E-state index contributed by atoms with van der Waals surface area (Å²) in [6, 6.07) is 5.55. The topological polar surface area (TPSA) is 95.8 Å². The van der Waals surface area contributed by atoms with Crippen molar-refractivity contribution in [3.05, 3.63) is 34.4 Å². The van der Waals surface area contributed by atoms with Crippen LogP contribution in [0.4, 0.5) is 5.69 Å². The van der Waals surface area contributed by atoms with Crippen LogP contribution in [0.15, 0.2) is 29.2 Å². The lowest BCUT2D eigenvalue weighted by molar-refractivity contribution is -0.384. The van der Waals surface area contributed by atoms with Crippen LogP contribution in [-0.4, -0.2) is 67.9 Å². The van der Waals surface area contributed by atoms with E-state index in [-0.39, 0.29) is 16.6 Å². The molecule has 1 N–H and O–H groups in total. The summed E-state index contributed by atoms with van der Waals surface area (Å²) in [6.45, 7) is 5.82. The molecule has 0 spiro atoms. The predicted octanol–water partition coefficient (Wildman–Crippen LogP) is 2.21. The van der Waals surface area contributed by atoms with Crippen LogP contribution in [0.1, 0.15) is 38.5 Å². The smallest absolute Gasteiger partial charge is 0.269 e. The van der Waals surface area contributed by atoms with Gasteiger partial charge in [0.15, 0.2) is 0 Å². The highest BCUT2D eigenvalue weighted by molar-refractivity contribution is 7.89. The summed E-state index contributed by atoms with van der Waals surface area (Å²) >= 11 is 0. The van der Waals surface area contributed by atoms with E-state index in [0.29, 0.717) is 6.04 Å². The van der Waals surface area contributed by atoms with Gasteiger partial charge in [0.25, 0.3) is 5.69 Å². The van der Waals surface area contributed by atoms with Crippen LogP contribution in [0.2, 0.25) is 0 Å². The van der Waals surface area contributed by atoms with Gasteiger partial charge in [0.05, 0.1) is 9.82 Å². The summed E-state index contributed by atoms with van der Waals surface area (Å²) in [5.41, 5.74) is -0.110. The standard InChI is InChI=1S/C20H30N4O4S/c25-24(26)19-7-9-20(10-8-19)29(27,28)21-17-3-5-18(6-4-17)23-13-11-22(12-14-23)15-16-1-2-16/h7-10,16-18,21H,1-6,11-15H2/t17-,18-. The SMILES string of the molecule is O=[N+]([O-])c1ccc(S(=O)(=O)N[C@H]2CC[C@H](N3CCN(CC4CC4)CC3)CC2)cc1. The number of nitro groups is 1. The molecule has 1 aliphatic heterocycles. The van der Waals surface area contributed by atoms with E-state index in [1.54, 1.807) is 0 Å². The van der Waals surface area contributed by atoms with E-state index in [2.05, 4.69) is 14.5 Å². The first-order valence-electron chi connectivity index (χ1n) is 10.6. The number of piperazine rings is 1. The van der Waals surface area contributed by atoms with Crippen LogP contribution in [0.3, 0.4) is 0 Å². The Balaban J connectivity index is 1.24. The maximum atomic E-state index is 12.6. The van der Waals surface area contributed by atoms with Crippen molar-refractivity contribution in [1.29, 1.82) is 0 Å². The minimum Gasteiger partial charge on any atom is -0.301 e. The van der Waals surface area contributed by atoms with Gasteiger partial charge in [-0.15, -0.1) is 0 Å².